The van der Waals surface area contributed by atoms with Crippen molar-refractivity contribution in [1.82, 2.24) is 15.2 Å². The van der Waals surface area contributed by atoms with E-state index in [2.05, 4.69) is 5.32 Å². The highest BCUT2D eigenvalue weighted by molar-refractivity contribution is 7.86. The first-order valence-corrected chi connectivity index (χ1v) is 15.2. The summed E-state index contributed by atoms with van der Waals surface area (Å²) in [5.74, 6) is -0.624. The van der Waals surface area contributed by atoms with Crippen LogP contribution in [0.2, 0.25) is 10.0 Å². The number of H-pyrrole nitrogens is 1. The van der Waals surface area contributed by atoms with Crippen LogP contribution in [-0.2, 0) is 20.5 Å². The standard InChI is InChI=1S/C25H24Cl2F3N3O6S2/c26-19-7-6-16(12-20(19)27)38-15-8-10-33(11-9-15)14-17(39-41(36,37)18-4-2-1-3-5-18)13-31-23(34)21-22(25(28,29)30)32-24(35)40-21/h1-7,12,15,17H,8-11,13-14H2,(H,31,34)(H,32,35). The topological polar surface area (TPSA) is 118 Å². The number of piperidine rings is 1. The SMILES string of the molecule is O=C(NCC(CN1CCC(Oc2ccc(Cl)c(Cl)c2)CC1)OS(=O)(=O)c1ccccc1)c1sc(=O)[nH]c1C(F)(F)F. The van der Waals surface area contributed by atoms with Gasteiger partial charge in [0.1, 0.15) is 28.5 Å². The summed E-state index contributed by atoms with van der Waals surface area (Å²) in [7, 11) is -4.27. The maximum absolute atomic E-state index is 13.3. The molecule has 2 N–H and O–H groups in total. The highest BCUT2D eigenvalue weighted by atomic mass is 35.5. The van der Waals surface area contributed by atoms with Crippen LogP contribution in [0.3, 0.4) is 0 Å². The minimum Gasteiger partial charge on any atom is -0.490 e. The fraction of sp³-hybridized carbons (Fsp3) is 0.360. The molecule has 1 atom stereocenters. The zero-order chi connectivity index (χ0) is 29.8. The van der Waals surface area contributed by atoms with Crippen LogP contribution in [0.25, 0.3) is 0 Å². The fourth-order valence-corrected chi connectivity index (χ4v) is 6.31. The van der Waals surface area contributed by atoms with E-state index in [0.29, 0.717) is 41.7 Å². The number of likely N-dealkylation sites (tertiary alicyclic amines) is 1. The van der Waals surface area contributed by atoms with Crippen molar-refractivity contribution in [3.63, 3.8) is 0 Å². The van der Waals surface area contributed by atoms with Gasteiger partial charge in [0.15, 0.2) is 0 Å². The molecule has 0 radical (unpaired) electrons. The Kier molecular flexibility index (Phi) is 10.0. The quantitative estimate of drug-likeness (QED) is 0.302. The third-order valence-electron chi connectivity index (χ3n) is 6.11. The molecule has 2 aromatic carbocycles. The lowest BCUT2D eigenvalue weighted by molar-refractivity contribution is -0.141. The van der Waals surface area contributed by atoms with Crippen molar-refractivity contribution in [2.45, 2.75) is 36.1 Å². The molecule has 222 valence electrons. The first-order valence-electron chi connectivity index (χ1n) is 12.2. The molecular weight excluding hydrogens is 630 g/mol. The van der Waals surface area contributed by atoms with Crippen molar-refractivity contribution >= 4 is 50.6 Å². The second kappa shape index (κ2) is 13.1. The van der Waals surface area contributed by atoms with E-state index in [0.717, 1.165) is 0 Å². The molecule has 1 fully saturated rings. The number of aromatic amines is 1. The molecule has 9 nitrogen and oxygen atoms in total. The monoisotopic (exact) mass is 653 g/mol. The Morgan fingerprint density at radius 2 is 1.80 bits per heavy atom. The van der Waals surface area contributed by atoms with E-state index < -0.39 is 50.3 Å². The van der Waals surface area contributed by atoms with Gasteiger partial charge in [0, 0.05) is 32.2 Å². The maximum Gasteiger partial charge on any atom is 0.432 e. The Morgan fingerprint density at radius 3 is 2.44 bits per heavy atom. The number of thiazole rings is 1. The predicted molar refractivity (Wildman–Crippen MR) is 147 cm³/mol. The Hall–Kier alpha value is -2.62. The molecule has 16 heteroatoms. The number of amides is 1. The number of ether oxygens (including phenoxy) is 1. The summed E-state index contributed by atoms with van der Waals surface area (Å²) in [4.78, 5) is 25.6. The number of rotatable bonds is 10. The Morgan fingerprint density at radius 1 is 1.12 bits per heavy atom. The number of nitrogens with one attached hydrogen (secondary N) is 2. The summed E-state index contributed by atoms with van der Waals surface area (Å²) in [6.45, 7) is 0.584. The van der Waals surface area contributed by atoms with Gasteiger partial charge in [-0.25, -0.2) is 0 Å². The van der Waals surface area contributed by atoms with E-state index >= 15 is 0 Å². The van der Waals surface area contributed by atoms with Crippen LogP contribution in [0.5, 0.6) is 5.75 Å². The summed E-state index contributed by atoms with van der Waals surface area (Å²) in [5.41, 5.74) is -1.47. The molecule has 1 unspecified atom stereocenters. The smallest absolute Gasteiger partial charge is 0.432 e. The van der Waals surface area contributed by atoms with Crippen molar-refractivity contribution in [3.8, 4) is 5.75 Å². The minimum absolute atomic E-state index is 0.0430. The summed E-state index contributed by atoms with van der Waals surface area (Å²) in [5, 5.41) is 3.05. The molecule has 3 aromatic rings. The maximum atomic E-state index is 13.3. The van der Waals surface area contributed by atoms with Gasteiger partial charge in [-0.1, -0.05) is 52.7 Å². The van der Waals surface area contributed by atoms with Gasteiger partial charge in [-0.3, -0.25) is 13.8 Å². The first kappa shape index (κ1) is 31.3. The number of benzene rings is 2. The number of hydrogen-bond acceptors (Lipinski definition) is 8. The minimum atomic E-state index is -4.96. The molecule has 1 aliphatic heterocycles. The molecule has 1 amide bonds. The third-order valence-corrected chi connectivity index (χ3v) is 9.11. The zero-order valence-corrected chi connectivity index (χ0v) is 24.3. The number of aromatic nitrogens is 1. The number of hydrogen-bond donors (Lipinski definition) is 2. The van der Waals surface area contributed by atoms with E-state index in [9.17, 15) is 31.2 Å². The largest absolute Gasteiger partial charge is 0.490 e. The highest BCUT2D eigenvalue weighted by Crippen LogP contribution is 2.31. The van der Waals surface area contributed by atoms with Gasteiger partial charge >= 0.3 is 11.0 Å². The number of carbonyl (C=O) groups is 1. The molecule has 0 bridgehead atoms. The van der Waals surface area contributed by atoms with E-state index in [-0.39, 0.29) is 28.9 Å². The van der Waals surface area contributed by atoms with Crippen LogP contribution < -0.4 is 14.9 Å². The second-order valence-corrected chi connectivity index (χ2v) is 12.5. The molecule has 0 aliphatic carbocycles. The van der Waals surface area contributed by atoms with Crippen LogP contribution in [0.1, 0.15) is 28.2 Å². The summed E-state index contributed by atoms with van der Waals surface area (Å²) in [6, 6.07) is 12.3. The number of alkyl halides is 3. The lowest BCUT2D eigenvalue weighted by Crippen LogP contribution is -2.46. The highest BCUT2D eigenvalue weighted by Gasteiger charge is 2.38. The van der Waals surface area contributed by atoms with E-state index in [4.69, 9.17) is 32.1 Å². The van der Waals surface area contributed by atoms with Crippen molar-refractivity contribution in [2.75, 3.05) is 26.2 Å². The lowest BCUT2D eigenvalue weighted by atomic mass is 10.1. The molecule has 1 aromatic heterocycles. The van der Waals surface area contributed by atoms with E-state index in [1.807, 2.05) is 4.90 Å². The van der Waals surface area contributed by atoms with Crippen LogP contribution in [0.4, 0.5) is 13.2 Å². The van der Waals surface area contributed by atoms with Crippen molar-refractivity contribution in [2.24, 2.45) is 0 Å². The van der Waals surface area contributed by atoms with E-state index in [1.54, 1.807) is 29.2 Å². The molecule has 0 spiro atoms. The first-order chi connectivity index (χ1) is 19.3. The fourth-order valence-electron chi connectivity index (χ4n) is 4.17. The van der Waals surface area contributed by atoms with Gasteiger partial charge in [0.05, 0.1) is 14.9 Å². The summed E-state index contributed by atoms with van der Waals surface area (Å²) >= 11 is 12.1. The molecule has 4 rings (SSSR count). The molecule has 2 heterocycles. The van der Waals surface area contributed by atoms with Gasteiger partial charge < -0.3 is 19.9 Å². The number of carbonyl (C=O) groups excluding carboxylic acids is 1. The second-order valence-electron chi connectivity index (χ2n) is 9.11. The van der Waals surface area contributed by atoms with Crippen molar-refractivity contribution < 1.29 is 35.3 Å². The molecular formula is C25H24Cl2F3N3O6S2. The van der Waals surface area contributed by atoms with Gasteiger partial charge in [-0.15, -0.1) is 0 Å². The third kappa shape index (κ3) is 8.46. The number of halogens is 5. The Labute approximate surface area is 247 Å². The van der Waals surface area contributed by atoms with Gasteiger partial charge in [-0.05, 0) is 37.1 Å². The van der Waals surface area contributed by atoms with Crippen LogP contribution in [0.15, 0.2) is 58.2 Å². The number of nitrogens with zero attached hydrogens (tertiary/aromatic N) is 1. The average molecular weight is 655 g/mol. The van der Waals surface area contributed by atoms with Crippen LogP contribution >= 0.6 is 34.5 Å². The van der Waals surface area contributed by atoms with Crippen LogP contribution in [-0.4, -0.2) is 62.6 Å². The lowest BCUT2D eigenvalue weighted by Gasteiger charge is -2.34. The average Bonchev–Trinajstić information content (AvgIpc) is 3.33. The Bertz CT molecular complexity index is 1530. The molecule has 0 saturated carbocycles. The molecule has 1 saturated heterocycles. The normalized spacial score (nSPS) is 15.9. The van der Waals surface area contributed by atoms with Gasteiger partial charge in [0.2, 0.25) is 0 Å². The molecule has 41 heavy (non-hydrogen) atoms. The molecule has 1 aliphatic rings. The van der Waals surface area contributed by atoms with Crippen molar-refractivity contribution in [1.29, 1.82) is 0 Å². The zero-order valence-electron chi connectivity index (χ0n) is 21.1. The predicted octanol–water partition coefficient (Wildman–Crippen LogP) is 4.81. The van der Waals surface area contributed by atoms with Gasteiger partial charge in [-0.2, -0.15) is 21.6 Å². The Balaban J connectivity index is 1.43. The van der Waals surface area contributed by atoms with E-state index in [1.165, 1.54) is 24.3 Å². The van der Waals surface area contributed by atoms with Gasteiger partial charge in [0.25, 0.3) is 16.0 Å². The van der Waals surface area contributed by atoms with Crippen molar-refractivity contribution in [3.05, 3.63) is 78.8 Å². The summed E-state index contributed by atoms with van der Waals surface area (Å²) in [6.07, 6.45) is -5.09. The summed E-state index contributed by atoms with van der Waals surface area (Å²) < 4.78 is 77.0. The van der Waals surface area contributed by atoms with Crippen LogP contribution in [0, 0.1) is 0 Å².